The monoisotopic (exact) mass is 399 g/mol. The Morgan fingerprint density at radius 1 is 0.900 bits per heavy atom. The summed E-state index contributed by atoms with van der Waals surface area (Å²) in [5.74, 6) is 0.792. The van der Waals surface area contributed by atoms with Crippen molar-refractivity contribution in [1.29, 1.82) is 0 Å². The van der Waals surface area contributed by atoms with Crippen molar-refractivity contribution in [2.75, 3.05) is 7.11 Å². The molecule has 0 aliphatic heterocycles. The molecular formula is C25H25N3O2. The van der Waals surface area contributed by atoms with E-state index in [1.807, 2.05) is 79.0 Å². The van der Waals surface area contributed by atoms with Crippen LogP contribution in [0, 0.1) is 0 Å². The molecule has 4 rings (SSSR count). The van der Waals surface area contributed by atoms with E-state index in [1.54, 1.807) is 11.8 Å². The molecule has 4 aromatic rings. The van der Waals surface area contributed by atoms with E-state index in [4.69, 9.17) is 9.84 Å². The second-order valence-electron chi connectivity index (χ2n) is 7.08. The largest absolute Gasteiger partial charge is 0.497 e. The van der Waals surface area contributed by atoms with Gasteiger partial charge in [-0.1, -0.05) is 60.7 Å². The molecule has 0 aliphatic carbocycles. The van der Waals surface area contributed by atoms with E-state index in [1.165, 1.54) is 5.56 Å². The average Bonchev–Trinajstić information content (AvgIpc) is 3.24. The minimum Gasteiger partial charge on any atom is -0.497 e. The Bertz CT molecular complexity index is 1060. The van der Waals surface area contributed by atoms with Crippen molar-refractivity contribution < 1.29 is 9.84 Å². The lowest BCUT2D eigenvalue weighted by molar-refractivity contribution is 0.213. The molecule has 0 unspecified atom stereocenters. The number of aliphatic hydroxyl groups is 1. The molecule has 3 aromatic carbocycles. The van der Waals surface area contributed by atoms with Crippen molar-refractivity contribution in [2.45, 2.75) is 19.2 Å². The summed E-state index contributed by atoms with van der Waals surface area (Å²) >= 11 is 0. The number of nitrogens with one attached hydrogen (secondary N) is 1. The zero-order valence-corrected chi connectivity index (χ0v) is 16.9. The van der Waals surface area contributed by atoms with Gasteiger partial charge in [-0.05, 0) is 35.4 Å². The van der Waals surface area contributed by atoms with Crippen molar-refractivity contribution in [2.24, 2.45) is 0 Å². The molecule has 1 atom stereocenters. The second-order valence-corrected chi connectivity index (χ2v) is 7.08. The highest BCUT2D eigenvalue weighted by atomic mass is 16.5. The smallest absolute Gasteiger partial charge is 0.123 e. The van der Waals surface area contributed by atoms with Gasteiger partial charge in [0.15, 0.2) is 0 Å². The SMILES string of the molecule is COc1ccc(-n2cc(CNCc3ccccc3)c([C@H](O)c3ccccc3)n2)cc1. The molecule has 0 saturated heterocycles. The number of hydrogen-bond donors (Lipinski definition) is 2. The van der Waals surface area contributed by atoms with Crippen molar-refractivity contribution in [3.63, 3.8) is 0 Å². The number of aliphatic hydroxyl groups excluding tert-OH is 1. The number of benzene rings is 3. The Labute approximate surface area is 176 Å². The molecule has 0 spiro atoms. The third-order valence-corrected chi connectivity index (χ3v) is 5.02. The highest BCUT2D eigenvalue weighted by molar-refractivity contribution is 5.39. The lowest BCUT2D eigenvalue weighted by atomic mass is 10.0. The summed E-state index contributed by atoms with van der Waals surface area (Å²) in [4.78, 5) is 0. The molecule has 1 heterocycles. The highest BCUT2D eigenvalue weighted by Gasteiger charge is 2.19. The van der Waals surface area contributed by atoms with Crippen LogP contribution >= 0.6 is 0 Å². The first-order valence-corrected chi connectivity index (χ1v) is 9.95. The van der Waals surface area contributed by atoms with E-state index in [-0.39, 0.29) is 0 Å². The Hall–Kier alpha value is -3.41. The topological polar surface area (TPSA) is 59.3 Å². The molecule has 0 aliphatic rings. The fourth-order valence-electron chi connectivity index (χ4n) is 3.39. The van der Waals surface area contributed by atoms with Gasteiger partial charge < -0.3 is 15.2 Å². The summed E-state index contributed by atoms with van der Waals surface area (Å²) in [5.41, 5.74) is 4.55. The summed E-state index contributed by atoms with van der Waals surface area (Å²) in [6, 6.07) is 27.6. The zero-order chi connectivity index (χ0) is 20.8. The van der Waals surface area contributed by atoms with Gasteiger partial charge in [-0.25, -0.2) is 4.68 Å². The normalized spacial score (nSPS) is 11.9. The van der Waals surface area contributed by atoms with Gasteiger partial charge in [0.2, 0.25) is 0 Å². The summed E-state index contributed by atoms with van der Waals surface area (Å²) in [7, 11) is 1.65. The molecule has 2 N–H and O–H groups in total. The van der Waals surface area contributed by atoms with Crippen molar-refractivity contribution in [3.05, 3.63) is 114 Å². The molecule has 5 nitrogen and oxygen atoms in total. The summed E-state index contributed by atoms with van der Waals surface area (Å²) < 4.78 is 7.05. The average molecular weight is 399 g/mol. The standard InChI is InChI=1S/C25H25N3O2/c1-30-23-14-12-22(13-15-23)28-18-21(17-26-16-19-8-4-2-5-9-19)24(27-28)25(29)20-10-6-3-7-11-20/h2-15,18,25-26,29H,16-17H2,1H3/t25-/m1/s1. The molecule has 0 bridgehead atoms. The van der Waals surface area contributed by atoms with Gasteiger partial charge >= 0.3 is 0 Å². The van der Waals surface area contributed by atoms with Crippen LogP contribution in [0.15, 0.2) is 91.1 Å². The third-order valence-electron chi connectivity index (χ3n) is 5.02. The zero-order valence-electron chi connectivity index (χ0n) is 16.9. The van der Waals surface area contributed by atoms with E-state index < -0.39 is 6.10 Å². The minimum absolute atomic E-state index is 0.601. The van der Waals surface area contributed by atoms with E-state index in [9.17, 15) is 5.11 Å². The van der Waals surface area contributed by atoms with Crippen LogP contribution in [0.2, 0.25) is 0 Å². The van der Waals surface area contributed by atoms with Crippen LogP contribution in [0.1, 0.15) is 28.5 Å². The van der Waals surface area contributed by atoms with Crippen LogP contribution < -0.4 is 10.1 Å². The van der Waals surface area contributed by atoms with Gasteiger partial charge in [-0.15, -0.1) is 0 Å². The van der Waals surface area contributed by atoms with E-state index in [2.05, 4.69) is 17.4 Å². The summed E-state index contributed by atoms with van der Waals surface area (Å²) in [6.45, 7) is 1.35. The molecule has 30 heavy (non-hydrogen) atoms. The molecule has 0 radical (unpaired) electrons. The Balaban J connectivity index is 1.60. The Morgan fingerprint density at radius 3 is 2.23 bits per heavy atom. The number of hydrogen-bond acceptors (Lipinski definition) is 4. The maximum atomic E-state index is 11.0. The lowest BCUT2D eigenvalue weighted by Crippen LogP contribution is -2.14. The first-order valence-electron chi connectivity index (χ1n) is 9.95. The number of ether oxygens (including phenoxy) is 1. The van der Waals surface area contributed by atoms with Gasteiger partial charge in [0.05, 0.1) is 12.8 Å². The molecule has 152 valence electrons. The van der Waals surface area contributed by atoms with Crippen molar-refractivity contribution >= 4 is 0 Å². The summed E-state index contributed by atoms with van der Waals surface area (Å²) in [6.07, 6.45) is 1.18. The first-order chi connectivity index (χ1) is 14.7. The van der Waals surface area contributed by atoms with Crippen LogP contribution in [-0.4, -0.2) is 22.0 Å². The maximum Gasteiger partial charge on any atom is 0.123 e. The molecule has 0 saturated carbocycles. The number of nitrogens with zero attached hydrogens (tertiary/aromatic N) is 2. The van der Waals surface area contributed by atoms with Gasteiger partial charge in [-0.3, -0.25) is 0 Å². The van der Waals surface area contributed by atoms with Crippen LogP contribution in [-0.2, 0) is 13.1 Å². The second kappa shape index (κ2) is 9.39. The van der Waals surface area contributed by atoms with Crippen molar-refractivity contribution in [3.8, 4) is 11.4 Å². The van der Waals surface area contributed by atoms with E-state index >= 15 is 0 Å². The first kappa shape index (κ1) is 19.9. The fraction of sp³-hybridized carbons (Fsp3) is 0.160. The molecule has 0 fully saturated rings. The van der Waals surface area contributed by atoms with Crippen LogP contribution in [0.5, 0.6) is 5.75 Å². The number of methoxy groups -OCH3 is 1. The lowest BCUT2D eigenvalue weighted by Gasteiger charge is -2.11. The quantitative estimate of drug-likeness (QED) is 0.465. The van der Waals surface area contributed by atoms with Crippen LogP contribution in [0.3, 0.4) is 0 Å². The van der Waals surface area contributed by atoms with Gasteiger partial charge in [0.25, 0.3) is 0 Å². The predicted molar refractivity (Wildman–Crippen MR) is 118 cm³/mol. The van der Waals surface area contributed by atoms with Crippen molar-refractivity contribution in [1.82, 2.24) is 15.1 Å². The van der Waals surface area contributed by atoms with E-state index in [0.29, 0.717) is 12.2 Å². The number of aromatic nitrogens is 2. The predicted octanol–water partition coefficient (Wildman–Crippen LogP) is 4.25. The Morgan fingerprint density at radius 2 is 1.57 bits per heavy atom. The van der Waals surface area contributed by atoms with Crippen LogP contribution in [0.4, 0.5) is 0 Å². The minimum atomic E-state index is -0.792. The molecule has 0 amide bonds. The molecular weight excluding hydrogens is 374 g/mol. The van der Waals surface area contributed by atoms with Gasteiger partial charge in [0, 0.05) is 24.8 Å². The van der Waals surface area contributed by atoms with E-state index in [0.717, 1.165) is 29.1 Å². The number of rotatable bonds is 8. The Kier molecular flexibility index (Phi) is 6.23. The highest BCUT2D eigenvalue weighted by Crippen LogP contribution is 2.25. The summed E-state index contributed by atoms with van der Waals surface area (Å²) in [5, 5.41) is 19.2. The fourth-order valence-corrected chi connectivity index (χ4v) is 3.39. The van der Waals surface area contributed by atoms with Gasteiger partial charge in [-0.2, -0.15) is 5.10 Å². The van der Waals surface area contributed by atoms with Gasteiger partial charge in [0.1, 0.15) is 17.5 Å². The maximum absolute atomic E-state index is 11.0. The third kappa shape index (κ3) is 4.59. The van der Waals surface area contributed by atoms with Crippen LogP contribution in [0.25, 0.3) is 5.69 Å². The molecule has 1 aromatic heterocycles. The molecule has 5 heteroatoms.